The zero-order chi connectivity index (χ0) is 23.5. The van der Waals surface area contributed by atoms with Gasteiger partial charge in [-0.05, 0) is 42.0 Å². The lowest BCUT2D eigenvalue weighted by molar-refractivity contribution is 0.0833. The molecular weight excluding hydrogens is 424 g/mol. The van der Waals surface area contributed by atoms with Crippen molar-refractivity contribution >= 4 is 23.3 Å². The molecular formula is C29H22N2O3. The zero-order valence-electron chi connectivity index (χ0n) is 18.3. The van der Waals surface area contributed by atoms with Gasteiger partial charge in [-0.3, -0.25) is 14.4 Å². The summed E-state index contributed by atoms with van der Waals surface area (Å²) >= 11 is 0. The molecule has 1 fully saturated rings. The molecule has 5 rings (SSSR count). The van der Waals surface area contributed by atoms with E-state index in [0.717, 1.165) is 5.56 Å². The van der Waals surface area contributed by atoms with Crippen molar-refractivity contribution in [2.75, 3.05) is 5.32 Å². The number of ketones is 1. The third kappa shape index (κ3) is 4.24. The summed E-state index contributed by atoms with van der Waals surface area (Å²) in [6.45, 7) is 0. The highest BCUT2D eigenvalue weighted by Gasteiger charge is 2.56. The second-order valence-electron chi connectivity index (χ2n) is 8.14. The molecule has 5 nitrogen and oxygen atoms in total. The number of Topliss-reactive ketones (excluding diaryl/α,β-unsaturated/α-hetero) is 1. The van der Waals surface area contributed by atoms with Crippen LogP contribution in [0, 0.1) is 0 Å². The lowest BCUT2D eigenvalue weighted by Crippen LogP contribution is -2.19. The van der Waals surface area contributed by atoms with Gasteiger partial charge in [-0.2, -0.15) is 0 Å². The molecule has 34 heavy (non-hydrogen) atoms. The summed E-state index contributed by atoms with van der Waals surface area (Å²) in [5.74, 6) is -0.512. The maximum Gasteiger partial charge on any atom is 0.255 e. The Morgan fingerprint density at radius 3 is 1.71 bits per heavy atom. The van der Waals surface area contributed by atoms with Crippen LogP contribution in [0.1, 0.15) is 42.7 Å². The fourth-order valence-corrected chi connectivity index (χ4v) is 4.16. The quantitative estimate of drug-likeness (QED) is 0.319. The fraction of sp³-hybridized carbons (Fsp3) is 0.0690. The van der Waals surface area contributed by atoms with Gasteiger partial charge in [0.2, 0.25) is 0 Å². The third-order valence-corrected chi connectivity index (χ3v) is 5.94. The summed E-state index contributed by atoms with van der Waals surface area (Å²) < 4.78 is 0. The predicted octanol–water partition coefficient (Wildman–Crippen LogP) is 5.39. The SMILES string of the molecule is O=C(Nc1ccc(C(=O)N2[C@H](c3ccccc3)[C@@H]2C(=O)c2ccccc2)cc1)c1ccccc1. The molecule has 0 spiro atoms. The second-order valence-corrected chi connectivity index (χ2v) is 8.14. The van der Waals surface area contributed by atoms with E-state index >= 15 is 0 Å². The van der Waals surface area contributed by atoms with Crippen LogP contribution in [-0.2, 0) is 0 Å². The number of carbonyl (C=O) groups is 3. The molecule has 5 heteroatoms. The van der Waals surface area contributed by atoms with Gasteiger partial charge in [0, 0.05) is 22.4 Å². The van der Waals surface area contributed by atoms with Crippen molar-refractivity contribution in [3.63, 3.8) is 0 Å². The van der Waals surface area contributed by atoms with Crippen LogP contribution in [-0.4, -0.2) is 28.5 Å². The summed E-state index contributed by atoms with van der Waals surface area (Å²) in [5, 5.41) is 2.83. The van der Waals surface area contributed by atoms with E-state index < -0.39 is 6.04 Å². The average molecular weight is 447 g/mol. The summed E-state index contributed by atoms with van der Waals surface area (Å²) in [5.41, 5.74) is 3.12. The Hall–Kier alpha value is -4.51. The first-order chi connectivity index (χ1) is 16.6. The Balaban J connectivity index is 1.35. The minimum atomic E-state index is -0.547. The van der Waals surface area contributed by atoms with Crippen LogP contribution in [0.15, 0.2) is 115 Å². The average Bonchev–Trinajstić information content (AvgIpc) is 3.65. The number of anilines is 1. The van der Waals surface area contributed by atoms with Crippen LogP contribution in [0.25, 0.3) is 0 Å². The molecule has 2 atom stereocenters. The Labute approximate surface area is 197 Å². The molecule has 0 bridgehead atoms. The van der Waals surface area contributed by atoms with E-state index in [1.54, 1.807) is 65.6 Å². The molecule has 166 valence electrons. The van der Waals surface area contributed by atoms with Crippen LogP contribution >= 0.6 is 0 Å². The number of benzene rings is 4. The van der Waals surface area contributed by atoms with Crippen LogP contribution in [0.5, 0.6) is 0 Å². The van der Waals surface area contributed by atoms with Crippen molar-refractivity contribution in [3.8, 4) is 0 Å². The molecule has 0 aromatic heterocycles. The first-order valence-electron chi connectivity index (χ1n) is 11.1. The lowest BCUT2D eigenvalue weighted by Gasteiger charge is -2.08. The molecule has 4 aromatic carbocycles. The Bertz CT molecular complexity index is 1320. The van der Waals surface area contributed by atoms with Crippen molar-refractivity contribution < 1.29 is 14.4 Å². The summed E-state index contributed by atoms with van der Waals surface area (Å²) in [7, 11) is 0. The van der Waals surface area contributed by atoms with Gasteiger partial charge in [-0.15, -0.1) is 0 Å². The standard InChI is InChI=1S/C29H22N2O3/c32-27(21-12-6-2-7-13-21)26-25(20-10-4-1-5-11-20)31(26)29(34)23-16-18-24(19-17-23)30-28(33)22-14-8-3-9-15-22/h1-19,25-26H,(H,30,33)/t25-,26-,31?/m1/s1. The summed E-state index contributed by atoms with van der Waals surface area (Å²) in [6, 6.07) is 33.5. The number of hydrogen-bond acceptors (Lipinski definition) is 3. The molecule has 0 saturated carbocycles. The zero-order valence-corrected chi connectivity index (χ0v) is 18.3. The normalized spacial score (nSPS) is 16.5. The highest BCUT2D eigenvalue weighted by Crippen LogP contribution is 2.45. The van der Waals surface area contributed by atoms with Crippen LogP contribution in [0.4, 0.5) is 5.69 Å². The number of nitrogens with one attached hydrogen (secondary N) is 1. The van der Waals surface area contributed by atoms with E-state index in [9.17, 15) is 14.4 Å². The van der Waals surface area contributed by atoms with E-state index in [1.165, 1.54) is 0 Å². The minimum Gasteiger partial charge on any atom is -0.322 e. The molecule has 1 N–H and O–H groups in total. The van der Waals surface area contributed by atoms with Gasteiger partial charge in [-0.1, -0.05) is 78.9 Å². The second kappa shape index (κ2) is 9.16. The van der Waals surface area contributed by atoms with Gasteiger partial charge >= 0.3 is 0 Å². The molecule has 0 unspecified atom stereocenters. The highest BCUT2D eigenvalue weighted by atomic mass is 16.2. The van der Waals surface area contributed by atoms with Crippen LogP contribution in [0.3, 0.4) is 0 Å². The molecule has 1 saturated heterocycles. The van der Waals surface area contributed by atoms with Crippen molar-refractivity contribution in [3.05, 3.63) is 138 Å². The van der Waals surface area contributed by atoms with Crippen molar-refractivity contribution in [1.29, 1.82) is 0 Å². The van der Waals surface area contributed by atoms with Gasteiger partial charge in [0.05, 0.1) is 6.04 Å². The van der Waals surface area contributed by atoms with E-state index in [0.29, 0.717) is 22.4 Å². The maximum absolute atomic E-state index is 13.4. The van der Waals surface area contributed by atoms with E-state index in [-0.39, 0.29) is 23.6 Å². The summed E-state index contributed by atoms with van der Waals surface area (Å²) in [4.78, 5) is 40.6. The van der Waals surface area contributed by atoms with Gasteiger partial charge in [-0.25, -0.2) is 0 Å². The summed E-state index contributed by atoms with van der Waals surface area (Å²) in [6.07, 6.45) is 0. The molecule has 2 amide bonds. The Morgan fingerprint density at radius 2 is 1.12 bits per heavy atom. The number of rotatable bonds is 6. The van der Waals surface area contributed by atoms with E-state index in [4.69, 9.17) is 0 Å². The Kier molecular flexibility index (Phi) is 5.75. The Morgan fingerprint density at radius 1 is 0.588 bits per heavy atom. The molecule has 4 aromatic rings. The first-order valence-corrected chi connectivity index (χ1v) is 11.1. The topological polar surface area (TPSA) is 66.2 Å². The van der Waals surface area contributed by atoms with Crippen molar-refractivity contribution in [1.82, 2.24) is 4.90 Å². The van der Waals surface area contributed by atoms with Crippen molar-refractivity contribution in [2.24, 2.45) is 0 Å². The largest absolute Gasteiger partial charge is 0.322 e. The molecule has 1 aliphatic rings. The molecule has 1 heterocycles. The first kappa shape index (κ1) is 21.3. The van der Waals surface area contributed by atoms with Gasteiger partial charge in [0.25, 0.3) is 11.8 Å². The van der Waals surface area contributed by atoms with Crippen molar-refractivity contribution in [2.45, 2.75) is 12.1 Å². The number of nitrogens with zero attached hydrogens (tertiary/aromatic N) is 1. The van der Waals surface area contributed by atoms with Gasteiger partial charge in [0.1, 0.15) is 6.04 Å². The highest BCUT2D eigenvalue weighted by molar-refractivity contribution is 6.09. The molecule has 0 radical (unpaired) electrons. The fourth-order valence-electron chi connectivity index (χ4n) is 4.16. The smallest absolute Gasteiger partial charge is 0.255 e. The van der Waals surface area contributed by atoms with E-state index in [1.807, 2.05) is 54.6 Å². The van der Waals surface area contributed by atoms with Gasteiger partial charge < -0.3 is 10.2 Å². The van der Waals surface area contributed by atoms with E-state index in [2.05, 4.69) is 5.32 Å². The van der Waals surface area contributed by atoms with Gasteiger partial charge in [0.15, 0.2) is 5.78 Å². The monoisotopic (exact) mass is 446 g/mol. The number of hydrogen-bond donors (Lipinski definition) is 1. The molecule has 0 aliphatic carbocycles. The third-order valence-electron chi connectivity index (χ3n) is 5.94. The van der Waals surface area contributed by atoms with Crippen LogP contribution in [0.2, 0.25) is 0 Å². The minimum absolute atomic E-state index is 0.0745. The van der Waals surface area contributed by atoms with Crippen LogP contribution < -0.4 is 5.32 Å². The number of amides is 2. The lowest BCUT2D eigenvalue weighted by atomic mass is 10.0. The maximum atomic E-state index is 13.4. The molecule has 1 aliphatic heterocycles. The number of carbonyl (C=O) groups excluding carboxylic acids is 3. The predicted molar refractivity (Wildman–Crippen MR) is 131 cm³/mol.